The molecule has 2 aromatic rings. The molecule has 0 fully saturated rings. The average molecular weight is 328 g/mol. The van der Waals surface area contributed by atoms with Crippen molar-refractivity contribution in [3.8, 4) is 0 Å². The molecule has 126 valence electrons. The van der Waals surface area contributed by atoms with Gasteiger partial charge in [-0.2, -0.15) is 0 Å². The van der Waals surface area contributed by atoms with Crippen molar-refractivity contribution < 1.29 is 14.7 Å². The zero-order valence-electron chi connectivity index (χ0n) is 13.7. The summed E-state index contributed by atoms with van der Waals surface area (Å²) >= 11 is 0. The number of carbonyl (C=O) groups is 2. The number of carboxylic acid groups (broad SMARTS) is 1. The number of carbonyl (C=O) groups excluding carboxylic acids is 1. The van der Waals surface area contributed by atoms with E-state index in [1.165, 1.54) is 22.9 Å². The largest absolute Gasteiger partial charge is 0.481 e. The molecular weight excluding hydrogens is 308 g/mol. The van der Waals surface area contributed by atoms with Crippen molar-refractivity contribution in [2.45, 2.75) is 13.3 Å². The predicted octanol–water partition coefficient (Wildman–Crippen LogP) is 1.37. The fourth-order valence-corrected chi connectivity index (χ4v) is 2.42. The second-order valence-corrected chi connectivity index (χ2v) is 5.81. The molecule has 0 saturated heterocycles. The molecule has 1 aromatic carbocycles. The maximum atomic E-state index is 12.1. The van der Waals surface area contributed by atoms with Gasteiger partial charge in [0.05, 0.1) is 11.5 Å². The number of aliphatic carboxylic acids is 1. The van der Waals surface area contributed by atoms with Gasteiger partial charge in [-0.05, 0) is 25.0 Å². The van der Waals surface area contributed by atoms with Gasteiger partial charge >= 0.3 is 5.97 Å². The molecule has 1 atom stereocenters. The van der Waals surface area contributed by atoms with Crippen LogP contribution in [-0.2, 0) is 18.3 Å². The molecule has 0 saturated carbocycles. The Morgan fingerprint density at radius 2 is 2.00 bits per heavy atom. The van der Waals surface area contributed by atoms with Crippen molar-refractivity contribution in [2.24, 2.45) is 13.0 Å². The fourth-order valence-electron chi connectivity index (χ4n) is 2.42. The van der Waals surface area contributed by atoms with Crippen LogP contribution in [0.3, 0.4) is 0 Å². The number of benzene rings is 1. The van der Waals surface area contributed by atoms with Crippen LogP contribution >= 0.6 is 0 Å². The Morgan fingerprint density at radius 3 is 2.62 bits per heavy atom. The number of hydrogen-bond acceptors (Lipinski definition) is 3. The number of nitrogens with one attached hydrogen (secondary N) is 1. The summed E-state index contributed by atoms with van der Waals surface area (Å²) in [4.78, 5) is 34.9. The maximum Gasteiger partial charge on any atom is 0.308 e. The number of pyridine rings is 1. The fraction of sp³-hybridized carbons (Fsp3) is 0.278. The van der Waals surface area contributed by atoms with Crippen molar-refractivity contribution >= 4 is 11.9 Å². The third-order valence-corrected chi connectivity index (χ3v) is 3.77. The first-order chi connectivity index (χ1) is 11.4. The van der Waals surface area contributed by atoms with Gasteiger partial charge in [-0.3, -0.25) is 14.4 Å². The SMILES string of the molecule is Cc1cccc(CC(CNC(=O)c2ccc(=O)n(C)c2)C(=O)O)c1. The summed E-state index contributed by atoms with van der Waals surface area (Å²) in [6.07, 6.45) is 1.76. The lowest BCUT2D eigenvalue weighted by Gasteiger charge is -2.14. The van der Waals surface area contributed by atoms with Crippen molar-refractivity contribution in [1.29, 1.82) is 0 Å². The molecule has 6 heteroatoms. The van der Waals surface area contributed by atoms with Crippen LogP contribution in [0.1, 0.15) is 21.5 Å². The van der Waals surface area contributed by atoms with Crippen molar-refractivity contribution in [1.82, 2.24) is 9.88 Å². The van der Waals surface area contributed by atoms with Crippen LogP contribution in [0.5, 0.6) is 0 Å². The Hall–Kier alpha value is -2.89. The minimum atomic E-state index is -0.961. The number of hydrogen-bond donors (Lipinski definition) is 2. The summed E-state index contributed by atoms with van der Waals surface area (Å²) < 4.78 is 1.30. The molecule has 0 radical (unpaired) electrons. The Labute approximate surface area is 139 Å². The molecule has 0 aliphatic rings. The van der Waals surface area contributed by atoms with Crippen LogP contribution in [-0.4, -0.2) is 28.1 Å². The number of aryl methyl sites for hydroxylation is 2. The lowest BCUT2D eigenvalue weighted by molar-refractivity contribution is -0.141. The second-order valence-electron chi connectivity index (χ2n) is 5.81. The zero-order chi connectivity index (χ0) is 17.7. The van der Waals surface area contributed by atoms with E-state index in [4.69, 9.17) is 0 Å². The zero-order valence-corrected chi connectivity index (χ0v) is 13.7. The number of aromatic nitrogens is 1. The summed E-state index contributed by atoms with van der Waals surface area (Å²) in [6, 6.07) is 10.4. The summed E-state index contributed by atoms with van der Waals surface area (Å²) in [6.45, 7) is 1.96. The molecule has 1 unspecified atom stereocenters. The van der Waals surface area contributed by atoms with Crippen LogP contribution in [0.15, 0.2) is 47.4 Å². The maximum absolute atomic E-state index is 12.1. The predicted molar refractivity (Wildman–Crippen MR) is 90.0 cm³/mol. The van der Waals surface area contributed by atoms with Crippen LogP contribution in [0.2, 0.25) is 0 Å². The third-order valence-electron chi connectivity index (χ3n) is 3.77. The molecule has 0 bridgehead atoms. The number of nitrogens with zero attached hydrogens (tertiary/aromatic N) is 1. The molecular formula is C18H20N2O4. The normalized spacial score (nSPS) is 11.8. The van der Waals surface area contributed by atoms with E-state index in [0.717, 1.165) is 11.1 Å². The van der Waals surface area contributed by atoms with E-state index >= 15 is 0 Å². The van der Waals surface area contributed by atoms with Gasteiger partial charge in [-0.1, -0.05) is 29.8 Å². The Kier molecular flexibility index (Phi) is 5.52. The highest BCUT2D eigenvalue weighted by atomic mass is 16.4. The van der Waals surface area contributed by atoms with Crippen molar-refractivity contribution in [2.75, 3.05) is 6.54 Å². The summed E-state index contributed by atoms with van der Waals surface area (Å²) in [7, 11) is 1.55. The van der Waals surface area contributed by atoms with E-state index in [0.29, 0.717) is 12.0 Å². The monoisotopic (exact) mass is 328 g/mol. The van der Waals surface area contributed by atoms with Gasteiger partial charge in [-0.25, -0.2) is 0 Å². The lowest BCUT2D eigenvalue weighted by atomic mass is 9.98. The summed E-state index contributed by atoms with van der Waals surface area (Å²) in [5.41, 5.74) is 2.08. The van der Waals surface area contributed by atoms with Crippen LogP contribution in [0, 0.1) is 12.8 Å². The molecule has 6 nitrogen and oxygen atoms in total. The number of carboxylic acids is 1. The van der Waals surface area contributed by atoms with E-state index in [1.54, 1.807) is 7.05 Å². The highest BCUT2D eigenvalue weighted by Crippen LogP contribution is 2.11. The van der Waals surface area contributed by atoms with E-state index in [-0.39, 0.29) is 12.1 Å². The Bertz CT molecular complexity index is 811. The number of rotatable bonds is 6. The lowest BCUT2D eigenvalue weighted by Crippen LogP contribution is -2.34. The molecule has 2 rings (SSSR count). The highest BCUT2D eigenvalue weighted by Gasteiger charge is 2.19. The van der Waals surface area contributed by atoms with Crippen LogP contribution < -0.4 is 10.9 Å². The van der Waals surface area contributed by atoms with E-state index < -0.39 is 17.8 Å². The molecule has 0 spiro atoms. The van der Waals surface area contributed by atoms with Crippen molar-refractivity contribution in [3.05, 3.63) is 69.6 Å². The van der Waals surface area contributed by atoms with Gasteiger partial charge in [0.25, 0.3) is 5.91 Å². The minimum absolute atomic E-state index is 0.0188. The van der Waals surface area contributed by atoms with Gasteiger partial charge in [-0.15, -0.1) is 0 Å². The molecule has 0 aliphatic carbocycles. The molecule has 1 aromatic heterocycles. The highest BCUT2D eigenvalue weighted by molar-refractivity contribution is 5.94. The molecule has 1 amide bonds. The van der Waals surface area contributed by atoms with Gasteiger partial charge in [0, 0.05) is 25.9 Å². The van der Waals surface area contributed by atoms with Gasteiger partial charge in [0.2, 0.25) is 5.56 Å². The first-order valence-corrected chi connectivity index (χ1v) is 7.60. The Balaban J connectivity index is 2.03. The van der Waals surface area contributed by atoms with E-state index in [1.807, 2.05) is 31.2 Å². The minimum Gasteiger partial charge on any atom is -0.481 e. The van der Waals surface area contributed by atoms with Crippen LogP contribution in [0.4, 0.5) is 0 Å². The van der Waals surface area contributed by atoms with Crippen LogP contribution in [0.25, 0.3) is 0 Å². The van der Waals surface area contributed by atoms with Gasteiger partial charge < -0.3 is 15.0 Å². The Morgan fingerprint density at radius 1 is 1.25 bits per heavy atom. The molecule has 2 N–H and O–H groups in total. The smallest absolute Gasteiger partial charge is 0.308 e. The average Bonchev–Trinajstić information content (AvgIpc) is 2.53. The first kappa shape index (κ1) is 17.5. The molecule has 24 heavy (non-hydrogen) atoms. The van der Waals surface area contributed by atoms with Gasteiger partial charge in [0.1, 0.15) is 0 Å². The first-order valence-electron chi connectivity index (χ1n) is 7.60. The number of amides is 1. The summed E-state index contributed by atoms with van der Waals surface area (Å²) in [5.74, 6) is -2.08. The quantitative estimate of drug-likeness (QED) is 0.838. The van der Waals surface area contributed by atoms with Crippen molar-refractivity contribution in [3.63, 3.8) is 0 Å². The second kappa shape index (κ2) is 7.59. The van der Waals surface area contributed by atoms with Gasteiger partial charge in [0.15, 0.2) is 0 Å². The van der Waals surface area contributed by atoms with E-state index in [2.05, 4.69) is 5.32 Å². The summed E-state index contributed by atoms with van der Waals surface area (Å²) in [5, 5.41) is 12.0. The standard InChI is InChI=1S/C18H20N2O4/c1-12-4-3-5-13(8-12)9-15(18(23)24)10-19-17(22)14-6-7-16(21)20(2)11-14/h3-8,11,15H,9-10H2,1-2H3,(H,19,22)(H,23,24). The third kappa shape index (κ3) is 4.55. The molecule has 1 heterocycles. The molecule has 0 aliphatic heterocycles. The van der Waals surface area contributed by atoms with E-state index in [9.17, 15) is 19.5 Å². The topological polar surface area (TPSA) is 88.4 Å².